The van der Waals surface area contributed by atoms with E-state index in [0.29, 0.717) is 53.1 Å². The molecule has 1 saturated carbocycles. The molecule has 1 aliphatic carbocycles. The molecule has 19 heteroatoms. The number of methoxy groups -OCH3 is 1. The highest BCUT2D eigenvalue weighted by Crippen LogP contribution is 2.46. The fourth-order valence-electron chi connectivity index (χ4n) is 8.23. The monoisotopic (exact) mass is 925 g/mol. The first-order chi connectivity index (χ1) is 30.1. The van der Waals surface area contributed by atoms with Crippen LogP contribution in [0.4, 0.5) is 9.93 Å². The molecule has 0 radical (unpaired) electrons. The number of allylic oxidation sites excluding steroid dienone is 1. The van der Waals surface area contributed by atoms with Crippen molar-refractivity contribution >= 4 is 61.3 Å². The number of aliphatic carboxylic acids is 1. The highest BCUT2D eigenvalue weighted by molar-refractivity contribution is 7.89. The van der Waals surface area contributed by atoms with Crippen molar-refractivity contribution in [3.05, 3.63) is 41.8 Å². The van der Waals surface area contributed by atoms with Crippen molar-refractivity contribution in [2.75, 3.05) is 33.1 Å². The number of pyridine rings is 1. The van der Waals surface area contributed by atoms with Crippen molar-refractivity contribution in [1.82, 2.24) is 29.8 Å². The average molecular weight is 926 g/mol. The molecular weight excluding hydrogens is 863 g/mol. The van der Waals surface area contributed by atoms with Crippen LogP contribution in [0, 0.1) is 11.3 Å². The first kappa shape index (κ1) is 48.4. The molecule has 1 saturated heterocycles. The van der Waals surface area contributed by atoms with Gasteiger partial charge in [0, 0.05) is 61.8 Å². The van der Waals surface area contributed by atoms with Gasteiger partial charge in [0.25, 0.3) is 0 Å². The van der Waals surface area contributed by atoms with E-state index in [2.05, 4.69) is 16.0 Å². The number of carboxylic acid groups (broad SMARTS) is 1. The number of hydrogen-bond donors (Lipinski definition) is 4. The van der Waals surface area contributed by atoms with Crippen LogP contribution in [0.5, 0.6) is 11.5 Å². The summed E-state index contributed by atoms with van der Waals surface area (Å²) in [7, 11) is 0.794. The zero-order chi connectivity index (χ0) is 46.7. The van der Waals surface area contributed by atoms with E-state index in [9.17, 15) is 32.7 Å². The Morgan fingerprint density at radius 3 is 2.52 bits per heavy atom. The van der Waals surface area contributed by atoms with Crippen molar-refractivity contribution in [2.24, 2.45) is 11.3 Å². The van der Waals surface area contributed by atoms with Crippen molar-refractivity contribution in [3.8, 4) is 22.9 Å². The van der Waals surface area contributed by atoms with Crippen LogP contribution in [0.1, 0.15) is 92.9 Å². The van der Waals surface area contributed by atoms with Crippen molar-refractivity contribution in [3.63, 3.8) is 0 Å². The molecule has 6 rings (SSSR count). The van der Waals surface area contributed by atoms with E-state index in [4.69, 9.17) is 24.2 Å². The Morgan fingerprint density at radius 2 is 1.84 bits per heavy atom. The number of alkyl carbamates (subject to hydrolysis) is 1. The molecule has 0 bridgehead atoms. The third-order valence-electron chi connectivity index (χ3n) is 12.1. The number of amides is 3. The Bertz CT molecular complexity index is 2350. The van der Waals surface area contributed by atoms with E-state index in [1.807, 2.05) is 58.2 Å². The summed E-state index contributed by atoms with van der Waals surface area (Å²) in [6.45, 7) is 11.1. The highest BCUT2D eigenvalue weighted by atomic mass is 32.2. The average Bonchev–Trinajstić information content (AvgIpc) is 3.48. The number of aromatic nitrogens is 2. The first-order valence-electron chi connectivity index (χ1n) is 21.9. The zero-order valence-electron chi connectivity index (χ0n) is 38.2. The molecule has 2 aliphatic heterocycles. The maximum absolute atomic E-state index is 14.9. The minimum Gasteiger partial charge on any atom is -0.497 e. The molecule has 4 heterocycles. The predicted molar refractivity (Wildman–Crippen MR) is 245 cm³/mol. The molecule has 2 aromatic heterocycles. The molecule has 3 aromatic rings. The molecule has 3 amide bonds. The number of fused-ring (bicyclic) bond motifs is 3. The summed E-state index contributed by atoms with van der Waals surface area (Å²) in [5, 5.41) is 21.7. The van der Waals surface area contributed by atoms with Crippen LogP contribution in [0.2, 0.25) is 0 Å². The summed E-state index contributed by atoms with van der Waals surface area (Å²) in [5.74, 6) is -1.75. The summed E-state index contributed by atoms with van der Waals surface area (Å²) >= 11 is 1.44. The van der Waals surface area contributed by atoms with Gasteiger partial charge in [-0.1, -0.05) is 45.8 Å². The van der Waals surface area contributed by atoms with Crippen LogP contribution < -0.4 is 25.4 Å². The maximum atomic E-state index is 14.9. The third kappa shape index (κ3) is 11.1. The van der Waals surface area contributed by atoms with Crippen LogP contribution in [-0.4, -0.2) is 125 Å². The van der Waals surface area contributed by atoms with Gasteiger partial charge in [-0.3, -0.25) is 9.59 Å². The lowest BCUT2D eigenvalue weighted by Gasteiger charge is -2.34. The summed E-state index contributed by atoms with van der Waals surface area (Å²) < 4.78 is 45.3. The number of sulfonamides is 1. The van der Waals surface area contributed by atoms with Gasteiger partial charge < -0.3 is 40.2 Å². The minimum atomic E-state index is -3.67. The van der Waals surface area contributed by atoms with E-state index in [1.165, 1.54) is 30.3 Å². The van der Waals surface area contributed by atoms with Crippen LogP contribution in [0.3, 0.4) is 0 Å². The Hall–Kier alpha value is -5.01. The van der Waals surface area contributed by atoms with Gasteiger partial charge in [-0.15, -0.1) is 11.3 Å². The maximum Gasteiger partial charge on any atom is 0.408 e. The Morgan fingerprint density at radius 1 is 1.09 bits per heavy atom. The normalized spacial score (nSPS) is 24.2. The summed E-state index contributed by atoms with van der Waals surface area (Å²) in [4.78, 5) is 66.8. The summed E-state index contributed by atoms with van der Waals surface area (Å²) in [6, 6.07) is 5.05. The number of benzene rings is 1. The second-order valence-electron chi connectivity index (χ2n) is 18.7. The van der Waals surface area contributed by atoms with Crippen molar-refractivity contribution in [1.29, 1.82) is 0 Å². The summed E-state index contributed by atoms with van der Waals surface area (Å²) in [5.41, 5.74) is -0.460. The number of carbonyl (C=O) groups is 4. The zero-order valence-corrected chi connectivity index (χ0v) is 39.8. The molecule has 2 unspecified atom stereocenters. The van der Waals surface area contributed by atoms with Crippen LogP contribution in [-0.2, 0) is 29.1 Å². The number of rotatable bonds is 13. The Balaban J connectivity index is 1.32. The number of nitrogens with zero attached hydrogens (tertiary/aromatic N) is 4. The Kier molecular flexibility index (Phi) is 14.8. The number of ether oxygens (including phenoxy) is 3. The van der Waals surface area contributed by atoms with E-state index in [1.54, 1.807) is 32.2 Å². The molecule has 4 N–H and O–H groups in total. The van der Waals surface area contributed by atoms with E-state index in [-0.39, 0.29) is 38.3 Å². The first-order valence-corrected chi connectivity index (χ1v) is 24.3. The van der Waals surface area contributed by atoms with Crippen molar-refractivity contribution in [2.45, 2.75) is 134 Å². The minimum absolute atomic E-state index is 0.0138. The number of nitrogens with one attached hydrogen (secondary N) is 3. The van der Waals surface area contributed by atoms with Gasteiger partial charge in [0.2, 0.25) is 21.8 Å². The quantitative estimate of drug-likeness (QED) is 0.141. The smallest absolute Gasteiger partial charge is 0.408 e. The molecule has 17 nitrogen and oxygen atoms in total. The molecule has 64 heavy (non-hydrogen) atoms. The van der Waals surface area contributed by atoms with Gasteiger partial charge in [0.15, 0.2) is 5.13 Å². The van der Waals surface area contributed by atoms with E-state index < -0.39 is 80.3 Å². The number of anilines is 1. The molecule has 0 spiro atoms. The second-order valence-corrected chi connectivity index (χ2v) is 22.1. The number of carbonyl (C=O) groups excluding carboxylic acids is 3. The topological polar surface area (TPSA) is 219 Å². The van der Waals surface area contributed by atoms with Gasteiger partial charge in [0.05, 0.1) is 30.1 Å². The molecular formula is C45H63N7O10S2. The van der Waals surface area contributed by atoms with Gasteiger partial charge >= 0.3 is 12.1 Å². The molecule has 2 fully saturated rings. The molecule has 3 aliphatic rings. The molecule has 350 valence electrons. The predicted octanol–water partition coefficient (Wildman–Crippen LogP) is 6.19. The number of carboxylic acids is 1. The molecule has 1 aromatic carbocycles. The summed E-state index contributed by atoms with van der Waals surface area (Å²) in [6.07, 6.45) is 4.48. The number of hydrogen-bond acceptors (Lipinski definition) is 13. The van der Waals surface area contributed by atoms with Crippen LogP contribution >= 0.6 is 11.3 Å². The second kappa shape index (κ2) is 19.6. The molecule has 7 atom stereocenters. The van der Waals surface area contributed by atoms with Gasteiger partial charge in [-0.2, -0.15) is 0 Å². The van der Waals surface area contributed by atoms with Gasteiger partial charge in [-0.05, 0) is 64.0 Å². The van der Waals surface area contributed by atoms with E-state index in [0.717, 1.165) is 15.9 Å². The van der Waals surface area contributed by atoms with E-state index >= 15 is 0 Å². The van der Waals surface area contributed by atoms with Crippen LogP contribution in [0.25, 0.3) is 22.3 Å². The number of thiazole rings is 1. The third-order valence-corrected chi connectivity index (χ3v) is 15.1. The van der Waals surface area contributed by atoms with Crippen molar-refractivity contribution < 1.29 is 46.9 Å². The fraction of sp³-hybridized carbons (Fsp3) is 0.600. The Labute approximate surface area is 379 Å². The SMILES string of the molecule is COc1ccc2c(O[C@@H]3C[C@H]4C(=O)N[C@]5(C(=O)O)CC5C=CCCCCC[C@H](NC(=O)O[C@H](CC(C)S(=O)(=O)N(C)C)C(C)(C)C)C(=O)N4C3)cc(-c3csc(NC(C)C)n3)nc2c1. The standard InChI is InChI=1S/C45H63N7O10S2/c1-26(2)46-42-48-35(25-63-42)34-22-37(31-18-17-29(60-9)20-33(31)47-34)61-30-21-36-39(53)50-45(41(55)56)23-28(45)15-13-11-10-12-14-16-32(40(54)52(36)24-30)49-43(57)62-38(44(4,5)6)19-27(3)64(58,59)51(7)8/h13,15,17-18,20,22,25-28,30,32,36,38H,10-12,14,16,19,21,23-24H2,1-9H3,(H,46,48)(H,49,57)(H,50,53)(H,55,56)/t27?,28?,30-,32+,36+,38-,45-/m1/s1. The van der Waals surface area contributed by atoms with Gasteiger partial charge in [0.1, 0.15) is 47.0 Å². The van der Waals surface area contributed by atoms with Crippen LogP contribution in [0.15, 0.2) is 41.8 Å². The lowest BCUT2D eigenvalue weighted by molar-refractivity contribution is -0.145. The lowest BCUT2D eigenvalue weighted by atomic mass is 9.86. The largest absolute Gasteiger partial charge is 0.497 e. The fourth-order valence-corrected chi connectivity index (χ4v) is 10.2. The van der Waals surface area contributed by atoms with Gasteiger partial charge in [-0.25, -0.2) is 32.3 Å². The highest BCUT2D eigenvalue weighted by Gasteiger charge is 2.61. The lowest BCUT2D eigenvalue weighted by Crippen LogP contribution is -2.56.